The Kier molecular flexibility index (Phi) is 6.58. The number of phenolic OH excluding ortho intramolecular Hbond substituents is 1. The van der Waals surface area contributed by atoms with E-state index in [1.165, 1.54) is 84.3 Å². The van der Waals surface area contributed by atoms with Crippen molar-refractivity contribution < 1.29 is 5.11 Å². The summed E-state index contributed by atoms with van der Waals surface area (Å²) in [5, 5.41) is 13.8. The van der Waals surface area contributed by atoms with Gasteiger partial charge in [0, 0.05) is 18.8 Å². The van der Waals surface area contributed by atoms with Crippen LogP contribution in [0, 0.1) is 5.41 Å². The predicted molar refractivity (Wildman–Crippen MR) is 150 cm³/mol. The van der Waals surface area contributed by atoms with Gasteiger partial charge in [-0.3, -0.25) is 0 Å². The van der Waals surface area contributed by atoms with E-state index in [-0.39, 0.29) is 0 Å². The van der Waals surface area contributed by atoms with E-state index < -0.39 is 0 Å². The third-order valence-corrected chi connectivity index (χ3v) is 8.73. The highest BCUT2D eigenvalue weighted by Gasteiger charge is 2.35. The number of piperidine rings is 1. The Labute approximate surface area is 215 Å². The molecule has 1 spiro atoms. The van der Waals surface area contributed by atoms with Gasteiger partial charge in [0.05, 0.1) is 0 Å². The Morgan fingerprint density at radius 2 is 1.58 bits per heavy atom. The summed E-state index contributed by atoms with van der Waals surface area (Å²) >= 11 is 0. The molecule has 0 bridgehead atoms. The van der Waals surface area contributed by atoms with Crippen molar-refractivity contribution in [3.63, 3.8) is 0 Å². The van der Waals surface area contributed by atoms with Gasteiger partial charge in [-0.05, 0) is 128 Å². The van der Waals surface area contributed by atoms with Crippen molar-refractivity contribution in [3.8, 4) is 5.75 Å². The molecule has 0 radical (unpaired) electrons. The summed E-state index contributed by atoms with van der Waals surface area (Å²) < 4.78 is 0. The lowest BCUT2D eigenvalue weighted by atomic mass is 9.74. The van der Waals surface area contributed by atoms with Gasteiger partial charge in [0.25, 0.3) is 0 Å². The average molecular weight is 479 g/mol. The first kappa shape index (κ1) is 23.4. The number of anilines is 1. The number of benzene rings is 3. The Morgan fingerprint density at radius 1 is 0.750 bits per heavy atom. The summed E-state index contributed by atoms with van der Waals surface area (Å²) in [6, 6.07) is 26.2. The van der Waals surface area contributed by atoms with Crippen molar-refractivity contribution in [2.75, 3.05) is 31.1 Å². The minimum absolute atomic E-state index is 0.361. The van der Waals surface area contributed by atoms with Crippen molar-refractivity contribution >= 4 is 16.8 Å². The second-order valence-corrected chi connectivity index (χ2v) is 11.1. The molecule has 3 aromatic rings. The van der Waals surface area contributed by atoms with Gasteiger partial charge in [0.2, 0.25) is 0 Å². The smallest absolute Gasteiger partial charge is 0.115 e. The lowest BCUT2D eigenvalue weighted by Crippen LogP contribution is -2.43. The number of nitrogens with zero attached hydrogens (tertiary/aromatic N) is 1. The highest BCUT2D eigenvalue weighted by Crippen LogP contribution is 2.43. The molecule has 0 amide bonds. The summed E-state index contributed by atoms with van der Waals surface area (Å²) in [5.74, 6) is 0.361. The maximum atomic E-state index is 10.2. The van der Waals surface area contributed by atoms with Gasteiger partial charge in [-0.2, -0.15) is 0 Å². The highest BCUT2D eigenvalue weighted by molar-refractivity contribution is 6.00. The fraction of sp³-hybridized carbons (Fsp3) is 0.394. The molecule has 6 rings (SSSR count). The fourth-order valence-electron chi connectivity index (χ4n) is 6.90. The first-order valence-electron chi connectivity index (χ1n) is 13.9. The number of hydrogen-bond donors (Lipinski definition) is 2. The SMILES string of the molecule is Oc1ccc2c(c1)CCCC(c1ccccc1)=C2c1ccc(N2CCCC3(CCCNCC3)C2)cc1. The number of aromatic hydroxyl groups is 1. The molecular formula is C33H38N2O. The van der Waals surface area contributed by atoms with E-state index in [2.05, 4.69) is 70.9 Å². The number of allylic oxidation sites excluding steroid dienone is 1. The second-order valence-electron chi connectivity index (χ2n) is 11.1. The molecule has 3 aromatic carbocycles. The van der Waals surface area contributed by atoms with E-state index in [1.54, 1.807) is 0 Å². The van der Waals surface area contributed by atoms with Crippen LogP contribution < -0.4 is 10.2 Å². The quantitative estimate of drug-likeness (QED) is 0.423. The van der Waals surface area contributed by atoms with Crippen LogP contribution in [-0.4, -0.2) is 31.3 Å². The molecule has 1 atom stereocenters. The number of rotatable bonds is 3. The first-order chi connectivity index (χ1) is 17.7. The van der Waals surface area contributed by atoms with Crippen LogP contribution in [0.2, 0.25) is 0 Å². The fourth-order valence-corrected chi connectivity index (χ4v) is 6.90. The van der Waals surface area contributed by atoms with Crippen molar-refractivity contribution in [3.05, 3.63) is 95.1 Å². The van der Waals surface area contributed by atoms with Crippen LogP contribution in [0.15, 0.2) is 72.8 Å². The molecule has 3 heteroatoms. The zero-order chi connectivity index (χ0) is 24.4. The maximum absolute atomic E-state index is 10.2. The van der Waals surface area contributed by atoms with Crippen LogP contribution >= 0.6 is 0 Å². The number of aryl methyl sites for hydroxylation is 1. The minimum atomic E-state index is 0.361. The molecule has 2 saturated heterocycles. The van der Waals surface area contributed by atoms with Crippen LogP contribution in [-0.2, 0) is 6.42 Å². The molecule has 2 aliphatic heterocycles. The van der Waals surface area contributed by atoms with Gasteiger partial charge in [-0.15, -0.1) is 0 Å². The van der Waals surface area contributed by atoms with Crippen LogP contribution in [0.4, 0.5) is 5.69 Å². The van der Waals surface area contributed by atoms with Gasteiger partial charge in [-0.1, -0.05) is 48.5 Å². The standard InChI is InChI=1S/C33H38N2O/c36-29-15-16-31-27(23-29)9-4-10-30(25-7-2-1-3-8-25)32(31)26-11-13-28(14-12-26)35-22-6-18-33(24-35)17-5-20-34-21-19-33/h1-3,7-8,11-16,23,34,36H,4-6,9-10,17-22,24H2. The maximum Gasteiger partial charge on any atom is 0.115 e. The third kappa shape index (κ3) is 4.69. The summed E-state index contributed by atoms with van der Waals surface area (Å²) in [6.07, 6.45) is 9.75. The summed E-state index contributed by atoms with van der Waals surface area (Å²) in [7, 11) is 0. The monoisotopic (exact) mass is 478 g/mol. The molecule has 1 aliphatic carbocycles. The van der Waals surface area contributed by atoms with E-state index in [0.717, 1.165) is 32.4 Å². The lowest BCUT2D eigenvalue weighted by molar-refractivity contribution is 0.204. The molecule has 0 aromatic heterocycles. The average Bonchev–Trinajstić information content (AvgIpc) is 3.25. The molecule has 3 aliphatic rings. The summed E-state index contributed by atoms with van der Waals surface area (Å²) in [4.78, 5) is 2.64. The van der Waals surface area contributed by atoms with E-state index in [1.807, 2.05) is 12.1 Å². The zero-order valence-corrected chi connectivity index (χ0v) is 21.3. The topological polar surface area (TPSA) is 35.5 Å². The summed E-state index contributed by atoms with van der Waals surface area (Å²) in [5.41, 5.74) is 9.66. The molecule has 2 heterocycles. The second kappa shape index (κ2) is 10.1. The largest absolute Gasteiger partial charge is 0.508 e. The van der Waals surface area contributed by atoms with Gasteiger partial charge in [0.15, 0.2) is 0 Å². The Bertz CT molecular complexity index is 1220. The van der Waals surface area contributed by atoms with Gasteiger partial charge in [-0.25, -0.2) is 0 Å². The van der Waals surface area contributed by atoms with Crippen LogP contribution in [0.5, 0.6) is 5.75 Å². The van der Waals surface area contributed by atoms with Crippen molar-refractivity contribution in [2.24, 2.45) is 5.41 Å². The van der Waals surface area contributed by atoms with Gasteiger partial charge < -0.3 is 15.3 Å². The van der Waals surface area contributed by atoms with Crippen molar-refractivity contribution in [1.82, 2.24) is 5.32 Å². The van der Waals surface area contributed by atoms with E-state index in [9.17, 15) is 5.11 Å². The molecule has 2 fully saturated rings. The molecule has 3 nitrogen and oxygen atoms in total. The minimum Gasteiger partial charge on any atom is -0.508 e. The molecule has 0 saturated carbocycles. The number of nitrogens with one attached hydrogen (secondary N) is 1. The molecule has 1 unspecified atom stereocenters. The predicted octanol–water partition coefficient (Wildman–Crippen LogP) is 7.05. The van der Waals surface area contributed by atoms with Gasteiger partial charge >= 0.3 is 0 Å². The van der Waals surface area contributed by atoms with Crippen molar-refractivity contribution in [2.45, 2.75) is 51.4 Å². The normalized spacial score (nSPS) is 22.7. The number of fused-ring (bicyclic) bond motifs is 1. The van der Waals surface area contributed by atoms with E-state index >= 15 is 0 Å². The van der Waals surface area contributed by atoms with E-state index in [0.29, 0.717) is 11.2 Å². The molecule has 2 N–H and O–H groups in total. The molecular weight excluding hydrogens is 440 g/mol. The molecule has 186 valence electrons. The molecule has 36 heavy (non-hydrogen) atoms. The van der Waals surface area contributed by atoms with Crippen LogP contribution in [0.25, 0.3) is 11.1 Å². The number of hydrogen-bond acceptors (Lipinski definition) is 3. The van der Waals surface area contributed by atoms with Crippen LogP contribution in [0.1, 0.15) is 67.2 Å². The Hall–Kier alpha value is -3.04. The van der Waals surface area contributed by atoms with E-state index in [4.69, 9.17) is 0 Å². The Morgan fingerprint density at radius 3 is 2.44 bits per heavy atom. The van der Waals surface area contributed by atoms with Crippen molar-refractivity contribution in [1.29, 1.82) is 0 Å². The van der Waals surface area contributed by atoms with Gasteiger partial charge in [0.1, 0.15) is 5.75 Å². The lowest BCUT2D eigenvalue weighted by Gasteiger charge is -2.43. The number of phenols is 1. The first-order valence-corrected chi connectivity index (χ1v) is 13.9. The zero-order valence-electron chi connectivity index (χ0n) is 21.3. The summed E-state index contributed by atoms with van der Waals surface area (Å²) in [6.45, 7) is 4.69. The van der Waals surface area contributed by atoms with Crippen LogP contribution in [0.3, 0.4) is 0 Å². The Balaban J connectivity index is 1.37. The highest BCUT2D eigenvalue weighted by atomic mass is 16.3. The third-order valence-electron chi connectivity index (χ3n) is 8.73.